The summed E-state index contributed by atoms with van der Waals surface area (Å²) in [6, 6.07) is 13.5. The number of hydrogen-bond acceptors (Lipinski definition) is 7. The smallest absolute Gasteiger partial charge is 0.335 e. The van der Waals surface area contributed by atoms with Crippen molar-refractivity contribution in [2.24, 2.45) is 0 Å². The van der Waals surface area contributed by atoms with E-state index in [1.165, 1.54) is 6.07 Å². The molecule has 11 heteroatoms. The molecule has 2 aliphatic heterocycles. The van der Waals surface area contributed by atoms with Gasteiger partial charge in [-0.2, -0.15) is 0 Å². The quantitative estimate of drug-likeness (QED) is 0.219. The number of carbonyl (C=O) groups is 1. The summed E-state index contributed by atoms with van der Waals surface area (Å²) in [4.78, 5) is 23.9. The molecule has 0 aliphatic carbocycles. The van der Waals surface area contributed by atoms with E-state index in [9.17, 15) is 14.3 Å². The van der Waals surface area contributed by atoms with Crippen molar-refractivity contribution in [2.75, 3.05) is 26.3 Å². The zero-order chi connectivity index (χ0) is 29.9. The highest BCUT2D eigenvalue weighted by Crippen LogP contribution is 2.32. The van der Waals surface area contributed by atoms with Gasteiger partial charge in [-0.1, -0.05) is 23.7 Å². The number of halogens is 2. The molecule has 43 heavy (non-hydrogen) atoms. The van der Waals surface area contributed by atoms with Crippen LogP contribution in [0.5, 0.6) is 11.6 Å². The van der Waals surface area contributed by atoms with Gasteiger partial charge < -0.3 is 23.9 Å². The number of likely N-dealkylation sites (tertiary alicyclic amines) is 1. The van der Waals surface area contributed by atoms with Crippen molar-refractivity contribution in [3.05, 3.63) is 82.0 Å². The molecule has 1 N–H and O–H groups in total. The first-order valence-corrected chi connectivity index (χ1v) is 15.0. The van der Waals surface area contributed by atoms with Crippen LogP contribution in [-0.2, 0) is 24.4 Å². The van der Waals surface area contributed by atoms with Crippen molar-refractivity contribution >= 4 is 28.6 Å². The standard InChI is InChI=1S/C32H34ClFN4O5/c1-2-41-28-15-22(32(39)40)14-27-31(28)36-29(38(27)17-24-10-13-42-24)18-37-11-8-20(9-12-37)26-4-3-5-30(35-26)43-19-21-6-7-23(33)16-25(21)34/h3-7,14-16,20,24H,2,8-13,17-19H2,1H3,(H,39,40)/t24-/m0/s1. The number of nitrogens with zero attached hydrogens (tertiary/aromatic N) is 4. The molecule has 0 spiro atoms. The van der Waals surface area contributed by atoms with Crippen molar-refractivity contribution in [1.29, 1.82) is 0 Å². The minimum atomic E-state index is -1.00. The summed E-state index contributed by atoms with van der Waals surface area (Å²) in [5.74, 6) is 0.692. The van der Waals surface area contributed by atoms with Crippen molar-refractivity contribution in [3.8, 4) is 11.6 Å². The highest BCUT2D eigenvalue weighted by atomic mass is 35.5. The SMILES string of the molecule is CCOc1cc(C(=O)O)cc2c1nc(CN1CCC(c3cccc(OCc4ccc(Cl)cc4F)n3)CC1)n2C[C@@H]1CCO1. The minimum Gasteiger partial charge on any atom is -0.492 e. The Kier molecular flexibility index (Phi) is 8.78. The van der Waals surface area contributed by atoms with Crippen LogP contribution in [0.25, 0.3) is 11.0 Å². The molecule has 0 radical (unpaired) electrons. The third-order valence-electron chi connectivity index (χ3n) is 8.13. The number of carboxylic acids is 1. The Morgan fingerprint density at radius 3 is 2.63 bits per heavy atom. The fourth-order valence-corrected chi connectivity index (χ4v) is 5.86. The summed E-state index contributed by atoms with van der Waals surface area (Å²) in [5, 5.41) is 10.1. The summed E-state index contributed by atoms with van der Waals surface area (Å²) >= 11 is 5.85. The number of benzene rings is 2. The van der Waals surface area contributed by atoms with Gasteiger partial charge in [0.05, 0.1) is 36.9 Å². The molecule has 4 heterocycles. The fraction of sp³-hybridized carbons (Fsp3) is 0.406. The van der Waals surface area contributed by atoms with Crippen LogP contribution in [0.3, 0.4) is 0 Å². The Bertz CT molecular complexity index is 1620. The molecule has 2 aromatic heterocycles. The summed E-state index contributed by atoms with van der Waals surface area (Å²) in [7, 11) is 0. The summed E-state index contributed by atoms with van der Waals surface area (Å²) in [6.07, 6.45) is 2.89. The molecular weight excluding hydrogens is 575 g/mol. The first-order chi connectivity index (χ1) is 20.9. The monoisotopic (exact) mass is 608 g/mol. The third kappa shape index (κ3) is 6.61. The predicted octanol–water partition coefficient (Wildman–Crippen LogP) is 6.07. The number of ether oxygens (including phenoxy) is 3. The van der Waals surface area contributed by atoms with Crippen LogP contribution in [0.2, 0.25) is 5.02 Å². The Balaban J connectivity index is 1.15. The van der Waals surface area contributed by atoms with Gasteiger partial charge in [0.25, 0.3) is 0 Å². The lowest BCUT2D eigenvalue weighted by atomic mass is 9.93. The minimum absolute atomic E-state index is 0.0732. The van der Waals surface area contributed by atoms with Gasteiger partial charge in [0.2, 0.25) is 5.88 Å². The first kappa shape index (κ1) is 29.3. The summed E-state index contributed by atoms with van der Waals surface area (Å²) in [5.41, 5.74) is 2.99. The fourth-order valence-electron chi connectivity index (χ4n) is 5.70. The van der Waals surface area contributed by atoms with Crippen LogP contribution in [-0.4, -0.2) is 62.9 Å². The van der Waals surface area contributed by atoms with Crippen LogP contribution in [0.15, 0.2) is 48.5 Å². The van der Waals surface area contributed by atoms with E-state index in [1.807, 2.05) is 19.1 Å². The Labute approximate surface area is 254 Å². The molecule has 6 rings (SSSR count). The molecular formula is C32H34ClFN4O5. The van der Waals surface area contributed by atoms with Gasteiger partial charge >= 0.3 is 5.97 Å². The Morgan fingerprint density at radius 2 is 1.93 bits per heavy atom. The maximum Gasteiger partial charge on any atom is 0.335 e. The highest BCUT2D eigenvalue weighted by molar-refractivity contribution is 6.30. The first-order valence-electron chi connectivity index (χ1n) is 14.6. The molecule has 2 saturated heterocycles. The lowest BCUT2D eigenvalue weighted by Crippen LogP contribution is -2.35. The van der Waals surface area contributed by atoms with Gasteiger partial charge in [-0.15, -0.1) is 0 Å². The Hall–Kier alpha value is -3.73. The third-order valence-corrected chi connectivity index (χ3v) is 8.37. The van der Waals surface area contributed by atoms with Crippen molar-refractivity contribution in [1.82, 2.24) is 19.4 Å². The number of imidazole rings is 1. The van der Waals surface area contributed by atoms with Gasteiger partial charge in [-0.05, 0) is 69.6 Å². The van der Waals surface area contributed by atoms with E-state index in [4.69, 9.17) is 35.8 Å². The molecule has 0 bridgehead atoms. The van der Waals surface area contributed by atoms with E-state index in [0.717, 1.165) is 56.0 Å². The summed E-state index contributed by atoms with van der Waals surface area (Å²) < 4.78 is 33.6. The van der Waals surface area contributed by atoms with Crippen LogP contribution < -0.4 is 9.47 Å². The molecule has 2 aliphatic rings. The van der Waals surface area contributed by atoms with Gasteiger partial charge in [0.1, 0.15) is 29.5 Å². The molecule has 1 atom stereocenters. The second kappa shape index (κ2) is 12.9. The zero-order valence-electron chi connectivity index (χ0n) is 24.0. The number of carboxylic acid groups (broad SMARTS) is 1. The molecule has 2 aromatic carbocycles. The molecule has 226 valence electrons. The van der Waals surface area contributed by atoms with Crippen LogP contribution in [0.4, 0.5) is 4.39 Å². The average molecular weight is 609 g/mol. The largest absolute Gasteiger partial charge is 0.492 e. The number of aromatic nitrogens is 3. The Morgan fingerprint density at radius 1 is 1.12 bits per heavy atom. The van der Waals surface area contributed by atoms with Crippen molar-refractivity contribution in [3.63, 3.8) is 0 Å². The molecule has 4 aromatic rings. The van der Waals surface area contributed by atoms with Crippen LogP contribution >= 0.6 is 11.6 Å². The van der Waals surface area contributed by atoms with E-state index in [0.29, 0.717) is 47.4 Å². The van der Waals surface area contributed by atoms with E-state index in [2.05, 4.69) is 9.47 Å². The average Bonchev–Trinajstić information content (AvgIpc) is 3.32. The maximum absolute atomic E-state index is 14.2. The zero-order valence-corrected chi connectivity index (χ0v) is 24.7. The molecule has 0 saturated carbocycles. The lowest BCUT2D eigenvalue weighted by Gasteiger charge is -2.32. The van der Waals surface area contributed by atoms with E-state index < -0.39 is 11.8 Å². The normalized spacial score (nSPS) is 17.6. The highest BCUT2D eigenvalue weighted by Gasteiger charge is 2.27. The van der Waals surface area contributed by atoms with E-state index in [1.54, 1.807) is 30.3 Å². The van der Waals surface area contributed by atoms with E-state index >= 15 is 0 Å². The molecule has 0 unspecified atom stereocenters. The predicted molar refractivity (Wildman–Crippen MR) is 159 cm³/mol. The van der Waals surface area contributed by atoms with Crippen molar-refractivity contribution in [2.45, 2.75) is 57.9 Å². The number of fused-ring (bicyclic) bond motifs is 1. The van der Waals surface area contributed by atoms with Crippen molar-refractivity contribution < 1.29 is 28.5 Å². The molecule has 2 fully saturated rings. The molecule has 0 amide bonds. The van der Waals surface area contributed by atoms with Crippen LogP contribution in [0.1, 0.15) is 59.5 Å². The topological polar surface area (TPSA) is 98.9 Å². The number of piperidine rings is 1. The number of hydrogen-bond donors (Lipinski definition) is 1. The van der Waals surface area contributed by atoms with Gasteiger partial charge in [0, 0.05) is 34.9 Å². The summed E-state index contributed by atoms with van der Waals surface area (Å²) in [6.45, 7) is 6.06. The number of rotatable bonds is 11. The second-order valence-electron chi connectivity index (χ2n) is 11.0. The van der Waals surface area contributed by atoms with Gasteiger partial charge in [0.15, 0.2) is 0 Å². The molecule has 9 nitrogen and oxygen atoms in total. The van der Waals surface area contributed by atoms with Crippen LogP contribution in [0, 0.1) is 5.82 Å². The lowest BCUT2D eigenvalue weighted by molar-refractivity contribution is -0.0592. The van der Waals surface area contributed by atoms with Gasteiger partial charge in [-0.25, -0.2) is 19.2 Å². The number of pyridine rings is 1. The second-order valence-corrected chi connectivity index (χ2v) is 11.4. The van der Waals surface area contributed by atoms with E-state index in [-0.39, 0.29) is 24.2 Å². The number of aromatic carboxylic acids is 1. The maximum atomic E-state index is 14.2. The van der Waals surface area contributed by atoms with Gasteiger partial charge in [-0.3, -0.25) is 4.90 Å².